The van der Waals surface area contributed by atoms with Crippen LogP contribution >= 0.6 is 24.0 Å². The third-order valence-electron chi connectivity index (χ3n) is 5.42. The van der Waals surface area contributed by atoms with Crippen molar-refractivity contribution in [2.45, 2.75) is 46.1 Å². The van der Waals surface area contributed by atoms with Crippen LogP contribution in [-0.4, -0.2) is 87.4 Å². The molecule has 0 amide bonds. The average molecular weight is 510 g/mol. The third-order valence-corrected chi connectivity index (χ3v) is 5.42. The first-order chi connectivity index (χ1) is 13.0. The van der Waals surface area contributed by atoms with Crippen molar-refractivity contribution < 1.29 is 14.3 Å². The zero-order valence-corrected chi connectivity index (χ0v) is 20.3. The zero-order valence-electron chi connectivity index (χ0n) is 18.0. The third kappa shape index (κ3) is 8.02. The zero-order chi connectivity index (χ0) is 19.6. The summed E-state index contributed by atoms with van der Waals surface area (Å²) in [5, 5.41) is 3.44. The molecular formula is C20H39IN4O3. The van der Waals surface area contributed by atoms with Crippen LogP contribution in [0.2, 0.25) is 0 Å². The second kappa shape index (κ2) is 13.6. The number of likely N-dealkylation sites (tertiary alicyclic amines) is 1. The summed E-state index contributed by atoms with van der Waals surface area (Å²) in [5.41, 5.74) is 0. The fourth-order valence-corrected chi connectivity index (χ4v) is 3.94. The van der Waals surface area contributed by atoms with Crippen LogP contribution in [0.3, 0.4) is 0 Å². The van der Waals surface area contributed by atoms with E-state index in [1.165, 1.54) is 7.11 Å². The Morgan fingerprint density at radius 3 is 2.39 bits per heavy atom. The molecule has 164 valence electrons. The number of methoxy groups -OCH3 is 1. The monoisotopic (exact) mass is 510 g/mol. The van der Waals surface area contributed by atoms with Gasteiger partial charge in [-0.25, -0.2) is 0 Å². The van der Waals surface area contributed by atoms with E-state index in [1.54, 1.807) is 0 Å². The van der Waals surface area contributed by atoms with Crippen molar-refractivity contribution in [3.05, 3.63) is 0 Å². The summed E-state index contributed by atoms with van der Waals surface area (Å²) in [4.78, 5) is 21.6. The Morgan fingerprint density at radius 2 is 1.86 bits per heavy atom. The van der Waals surface area contributed by atoms with E-state index in [1.807, 2.05) is 0 Å². The average Bonchev–Trinajstić information content (AvgIpc) is 2.70. The molecule has 0 radical (unpaired) electrons. The molecule has 7 nitrogen and oxygen atoms in total. The van der Waals surface area contributed by atoms with E-state index in [9.17, 15) is 4.79 Å². The molecule has 0 aliphatic carbocycles. The van der Waals surface area contributed by atoms with E-state index in [0.29, 0.717) is 12.0 Å². The van der Waals surface area contributed by atoms with Crippen molar-refractivity contribution >= 4 is 35.9 Å². The lowest BCUT2D eigenvalue weighted by Crippen LogP contribution is -2.48. The van der Waals surface area contributed by atoms with E-state index in [2.05, 4.69) is 35.9 Å². The molecule has 8 heteroatoms. The highest BCUT2D eigenvalue weighted by Crippen LogP contribution is 2.19. The number of hydrogen-bond acceptors (Lipinski definition) is 5. The van der Waals surface area contributed by atoms with E-state index >= 15 is 0 Å². The van der Waals surface area contributed by atoms with Crippen LogP contribution in [-0.2, 0) is 14.3 Å². The molecule has 2 aliphatic rings. The summed E-state index contributed by atoms with van der Waals surface area (Å²) in [6, 6.07) is 0.454. The minimum atomic E-state index is -0.0825. The van der Waals surface area contributed by atoms with E-state index < -0.39 is 0 Å². The Hall–Kier alpha value is -0.610. The number of ether oxygens (including phenoxy) is 2. The summed E-state index contributed by atoms with van der Waals surface area (Å²) < 4.78 is 10.4. The highest BCUT2D eigenvalue weighted by atomic mass is 127. The van der Waals surface area contributed by atoms with Crippen molar-refractivity contribution in [1.82, 2.24) is 15.1 Å². The smallest absolute Gasteiger partial charge is 0.308 e. The summed E-state index contributed by atoms with van der Waals surface area (Å²) in [7, 11) is 1.47. The van der Waals surface area contributed by atoms with E-state index in [-0.39, 0.29) is 35.9 Å². The van der Waals surface area contributed by atoms with Gasteiger partial charge < -0.3 is 19.7 Å². The van der Waals surface area contributed by atoms with Crippen LogP contribution in [0.1, 0.15) is 40.0 Å². The normalized spacial score (nSPS) is 20.6. The van der Waals surface area contributed by atoms with Crippen molar-refractivity contribution in [3.8, 4) is 0 Å². The lowest BCUT2D eigenvalue weighted by atomic mass is 9.97. The van der Waals surface area contributed by atoms with Gasteiger partial charge in [0.05, 0.1) is 32.8 Å². The molecule has 0 aromatic heterocycles. The topological polar surface area (TPSA) is 66.4 Å². The van der Waals surface area contributed by atoms with Crippen molar-refractivity contribution in [1.29, 1.82) is 0 Å². The standard InChI is InChI=1S/C20H38N4O3.HI/c1-5-21-20(24-8-6-17(7-9-24)19(25)26-4)22-15-18(14-16(2)3)23-10-12-27-13-11-23;/h16-18H,5-15H2,1-4H3,(H,21,22);1H. The quantitative estimate of drug-likeness (QED) is 0.245. The van der Waals surface area contributed by atoms with Gasteiger partial charge in [0.15, 0.2) is 5.96 Å². The first-order valence-corrected chi connectivity index (χ1v) is 10.5. The van der Waals surface area contributed by atoms with Crippen molar-refractivity contribution in [2.75, 3.05) is 59.6 Å². The van der Waals surface area contributed by atoms with Crippen LogP contribution in [0.4, 0.5) is 0 Å². The number of nitrogens with one attached hydrogen (secondary N) is 1. The maximum atomic E-state index is 11.8. The molecule has 2 aliphatic heterocycles. The predicted octanol–water partition coefficient (Wildman–Crippen LogP) is 2.20. The fourth-order valence-electron chi connectivity index (χ4n) is 3.94. The van der Waals surface area contributed by atoms with Gasteiger partial charge in [0, 0.05) is 38.8 Å². The molecule has 1 N–H and O–H groups in total. The molecule has 0 spiro atoms. The molecular weight excluding hydrogens is 471 g/mol. The Kier molecular flexibility index (Phi) is 12.3. The Morgan fingerprint density at radius 1 is 1.21 bits per heavy atom. The SMILES string of the molecule is CCNC(=NCC(CC(C)C)N1CCOCC1)N1CCC(C(=O)OC)CC1.I. The molecule has 2 rings (SSSR count). The van der Waals surface area contributed by atoms with Crippen LogP contribution in [0.25, 0.3) is 0 Å². The molecule has 2 saturated heterocycles. The number of guanidine groups is 1. The number of esters is 1. The van der Waals surface area contributed by atoms with Gasteiger partial charge >= 0.3 is 5.97 Å². The second-order valence-corrected chi connectivity index (χ2v) is 7.91. The van der Waals surface area contributed by atoms with Crippen LogP contribution in [0.15, 0.2) is 4.99 Å². The van der Waals surface area contributed by atoms with Gasteiger partial charge in [0.1, 0.15) is 0 Å². The van der Waals surface area contributed by atoms with Gasteiger partial charge in [-0.3, -0.25) is 14.7 Å². The molecule has 0 bridgehead atoms. The predicted molar refractivity (Wildman–Crippen MR) is 123 cm³/mol. The van der Waals surface area contributed by atoms with Crippen LogP contribution in [0, 0.1) is 11.8 Å². The number of hydrogen-bond donors (Lipinski definition) is 1. The van der Waals surface area contributed by atoms with E-state index in [0.717, 1.165) is 77.7 Å². The van der Waals surface area contributed by atoms with Gasteiger partial charge in [0.25, 0.3) is 0 Å². The van der Waals surface area contributed by atoms with E-state index in [4.69, 9.17) is 14.5 Å². The Balaban J connectivity index is 0.00000392. The van der Waals surface area contributed by atoms with Crippen molar-refractivity contribution in [2.24, 2.45) is 16.8 Å². The molecule has 0 saturated carbocycles. The number of rotatable bonds is 7. The number of carbonyl (C=O) groups excluding carboxylic acids is 1. The minimum Gasteiger partial charge on any atom is -0.469 e. The van der Waals surface area contributed by atoms with Gasteiger partial charge in [-0.15, -0.1) is 24.0 Å². The number of halogens is 1. The fraction of sp³-hybridized carbons (Fsp3) is 0.900. The lowest BCUT2D eigenvalue weighted by molar-refractivity contribution is -0.146. The van der Waals surface area contributed by atoms with Gasteiger partial charge in [0.2, 0.25) is 0 Å². The highest BCUT2D eigenvalue weighted by molar-refractivity contribution is 14.0. The van der Waals surface area contributed by atoms with Gasteiger partial charge in [-0.2, -0.15) is 0 Å². The minimum absolute atomic E-state index is 0. The molecule has 1 atom stereocenters. The van der Waals surface area contributed by atoms with Crippen LogP contribution < -0.4 is 5.32 Å². The largest absolute Gasteiger partial charge is 0.469 e. The summed E-state index contributed by atoms with van der Waals surface area (Å²) in [6.07, 6.45) is 2.80. The maximum absolute atomic E-state index is 11.8. The first-order valence-electron chi connectivity index (χ1n) is 10.5. The number of piperidine rings is 1. The second-order valence-electron chi connectivity index (χ2n) is 7.91. The van der Waals surface area contributed by atoms with Crippen molar-refractivity contribution in [3.63, 3.8) is 0 Å². The Labute approximate surface area is 187 Å². The number of aliphatic imine (C=N–C) groups is 1. The summed E-state index contributed by atoms with van der Waals surface area (Å²) in [6.45, 7) is 13.6. The Bertz CT molecular complexity index is 476. The van der Waals surface area contributed by atoms with Gasteiger partial charge in [-0.05, 0) is 32.1 Å². The number of carbonyl (C=O) groups is 1. The van der Waals surface area contributed by atoms with Gasteiger partial charge in [-0.1, -0.05) is 13.8 Å². The lowest BCUT2D eigenvalue weighted by Gasteiger charge is -2.36. The molecule has 0 aromatic rings. The van der Waals surface area contributed by atoms with Crippen LogP contribution in [0.5, 0.6) is 0 Å². The first kappa shape index (κ1) is 25.4. The highest BCUT2D eigenvalue weighted by Gasteiger charge is 2.27. The number of nitrogens with zero attached hydrogens (tertiary/aromatic N) is 3. The molecule has 28 heavy (non-hydrogen) atoms. The molecule has 1 unspecified atom stereocenters. The molecule has 2 fully saturated rings. The molecule has 0 aromatic carbocycles. The maximum Gasteiger partial charge on any atom is 0.308 e. The summed E-state index contributed by atoms with van der Waals surface area (Å²) >= 11 is 0. The number of morpholine rings is 1. The molecule has 2 heterocycles. The summed E-state index contributed by atoms with van der Waals surface area (Å²) in [5.74, 6) is 1.56.